The first-order chi connectivity index (χ1) is 8.13. The summed E-state index contributed by atoms with van der Waals surface area (Å²) < 4.78 is 0. The Morgan fingerprint density at radius 2 is 2.41 bits per heavy atom. The van der Waals surface area contributed by atoms with Crippen molar-refractivity contribution in [3.8, 4) is 0 Å². The van der Waals surface area contributed by atoms with Gasteiger partial charge in [-0.05, 0) is 18.8 Å². The lowest BCUT2D eigenvalue weighted by molar-refractivity contribution is -0.122. The highest BCUT2D eigenvalue weighted by molar-refractivity contribution is 8.14. The number of carbonyl (C=O) groups excluding carboxylic acids is 1. The predicted molar refractivity (Wildman–Crippen MR) is 72.3 cm³/mol. The first kappa shape index (κ1) is 12.7. The van der Waals surface area contributed by atoms with E-state index in [1.54, 1.807) is 0 Å². The van der Waals surface area contributed by atoms with Crippen LogP contribution in [0.1, 0.15) is 33.1 Å². The third-order valence-corrected chi connectivity index (χ3v) is 4.10. The summed E-state index contributed by atoms with van der Waals surface area (Å²) in [6.45, 7) is 5.21. The molecule has 0 radical (unpaired) electrons. The number of amidine groups is 1. The van der Waals surface area contributed by atoms with Gasteiger partial charge in [0.15, 0.2) is 5.17 Å². The zero-order chi connectivity index (χ0) is 12.3. The first-order valence-corrected chi connectivity index (χ1v) is 7.36. The molecule has 96 valence electrons. The Bertz CT molecular complexity index is 307. The summed E-state index contributed by atoms with van der Waals surface area (Å²) in [5.74, 6) is 1.97. The van der Waals surface area contributed by atoms with Gasteiger partial charge in [0.2, 0.25) is 5.91 Å². The van der Waals surface area contributed by atoms with Crippen molar-refractivity contribution in [3.05, 3.63) is 0 Å². The lowest BCUT2D eigenvalue weighted by atomic mass is 10.1. The second kappa shape index (κ2) is 5.76. The maximum absolute atomic E-state index is 11.0. The standard InChI is InChI=1S/C12H21N3OS/c1-8(2)5-10-7-17-12(15-10)14-9-3-4-11(16)13-6-9/h8-10H,3-7H2,1-2H3,(H,13,16)(H,14,15). The van der Waals surface area contributed by atoms with Gasteiger partial charge in [-0.1, -0.05) is 25.6 Å². The molecule has 1 amide bonds. The molecular weight excluding hydrogens is 234 g/mol. The fraction of sp³-hybridized carbons (Fsp3) is 0.833. The van der Waals surface area contributed by atoms with Crippen LogP contribution in [0.4, 0.5) is 0 Å². The van der Waals surface area contributed by atoms with Gasteiger partial charge >= 0.3 is 0 Å². The van der Waals surface area contributed by atoms with Crippen molar-refractivity contribution in [2.24, 2.45) is 10.9 Å². The summed E-state index contributed by atoms with van der Waals surface area (Å²) in [6.07, 6.45) is 2.71. The van der Waals surface area contributed by atoms with E-state index in [4.69, 9.17) is 4.99 Å². The minimum absolute atomic E-state index is 0.168. The van der Waals surface area contributed by atoms with Crippen molar-refractivity contribution in [2.45, 2.75) is 45.2 Å². The predicted octanol–water partition coefficient (Wildman–Crippen LogP) is 1.37. The number of thioether (sulfide) groups is 1. The van der Waals surface area contributed by atoms with E-state index in [1.807, 2.05) is 11.8 Å². The molecule has 2 aliphatic rings. The zero-order valence-corrected chi connectivity index (χ0v) is 11.3. The molecule has 0 aromatic carbocycles. The quantitative estimate of drug-likeness (QED) is 0.801. The maximum Gasteiger partial charge on any atom is 0.220 e. The highest BCUT2D eigenvalue weighted by Crippen LogP contribution is 2.22. The Morgan fingerprint density at radius 1 is 1.59 bits per heavy atom. The molecule has 0 spiro atoms. The van der Waals surface area contributed by atoms with Crippen LogP contribution in [0.15, 0.2) is 4.99 Å². The van der Waals surface area contributed by atoms with Gasteiger partial charge < -0.3 is 10.6 Å². The van der Waals surface area contributed by atoms with Gasteiger partial charge in [-0.15, -0.1) is 0 Å². The Balaban J connectivity index is 1.78. The molecule has 0 bridgehead atoms. The minimum atomic E-state index is 0.168. The van der Waals surface area contributed by atoms with Gasteiger partial charge in [0.1, 0.15) is 0 Å². The van der Waals surface area contributed by atoms with Crippen molar-refractivity contribution in [3.63, 3.8) is 0 Å². The fourth-order valence-corrected chi connectivity index (χ4v) is 3.22. The molecule has 0 aromatic rings. The molecule has 2 aliphatic heterocycles. The topological polar surface area (TPSA) is 53.5 Å². The molecule has 2 unspecified atom stereocenters. The molecule has 1 saturated heterocycles. The summed E-state index contributed by atoms with van der Waals surface area (Å²) in [5.41, 5.74) is 0. The van der Waals surface area contributed by atoms with Crippen molar-refractivity contribution in [2.75, 3.05) is 12.3 Å². The van der Waals surface area contributed by atoms with E-state index in [2.05, 4.69) is 24.5 Å². The van der Waals surface area contributed by atoms with Crippen molar-refractivity contribution >= 4 is 22.8 Å². The second-order valence-electron chi connectivity index (χ2n) is 5.21. The average molecular weight is 255 g/mol. The molecule has 2 N–H and O–H groups in total. The highest BCUT2D eigenvalue weighted by Gasteiger charge is 2.23. The van der Waals surface area contributed by atoms with Crippen LogP contribution in [0.3, 0.4) is 0 Å². The monoisotopic (exact) mass is 255 g/mol. The third kappa shape index (κ3) is 3.91. The SMILES string of the molecule is CC(C)CC1CSC(NC2CCC(=O)NC2)=N1. The van der Waals surface area contributed by atoms with E-state index in [9.17, 15) is 4.79 Å². The number of rotatable bonds is 3. The van der Waals surface area contributed by atoms with E-state index < -0.39 is 0 Å². The highest BCUT2D eigenvalue weighted by atomic mass is 32.2. The van der Waals surface area contributed by atoms with E-state index in [0.717, 1.165) is 23.9 Å². The molecule has 17 heavy (non-hydrogen) atoms. The Kier molecular flexibility index (Phi) is 4.31. The Labute approximate surface area is 107 Å². The van der Waals surface area contributed by atoms with E-state index in [0.29, 0.717) is 24.4 Å². The Hall–Kier alpha value is -0.710. The van der Waals surface area contributed by atoms with Crippen molar-refractivity contribution in [1.29, 1.82) is 0 Å². The van der Waals surface area contributed by atoms with Gasteiger partial charge in [-0.2, -0.15) is 0 Å². The molecule has 2 rings (SSSR count). The number of hydrogen-bond donors (Lipinski definition) is 2. The third-order valence-electron chi connectivity index (χ3n) is 3.05. The normalized spacial score (nSPS) is 29.1. The van der Waals surface area contributed by atoms with E-state index >= 15 is 0 Å². The van der Waals surface area contributed by atoms with Crippen LogP contribution in [-0.2, 0) is 4.79 Å². The van der Waals surface area contributed by atoms with Crippen molar-refractivity contribution < 1.29 is 4.79 Å². The van der Waals surface area contributed by atoms with Crippen LogP contribution in [0.2, 0.25) is 0 Å². The van der Waals surface area contributed by atoms with Crippen LogP contribution in [0.25, 0.3) is 0 Å². The number of aliphatic imine (C=N–C) groups is 1. The molecule has 0 saturated carbocycles. The van der Waals surface area contributed by atoms with Crippen LogP contribution in [-0.4, -0.2) is 35.5 Å². The average Bonchev–Trinajstić information content (AvgIpc) is 2.68. The zero-order valence-electron chi connectivity index (χ0n) is 10.5. The van der Waals surface area contributed by atoms with Crippen LogP contribution in [0.5, 0.6) is 0 Å². The molecule has 0 aromatic heterocycles. The molecule has 2 heterocycles. The molecule has 1 fully saturated rings. The van der Waals surface area contributed by atoms with Gasteiger partial charge in [0.05, 0.1) is 6.04 Å². The molecule has 0 aliphatic carbocycles. The summed E-state index contributed by atoms with van der Waals surface area (Å²) in [4.78, 5) is 15.7. The number of piperidine rings is 1. The van der Waals surface area contributed by atoms with Crippen LogP contribution < -0.4 is 10.6 Å². The fourth-order valence-electron chi connectivity index (χ4n) is 2.19. The number of carbonyl (C=O) groups is 1. The summed E-state index contributed by atoms with van der Waals surface area (Å²) in [5, 5.41) is 7.39. The van der Waals surface area contributed by atoms with Crippen LogP contribution in [0, 0.1) is 5.92 Å². The smallest absolute Gasteiger partial charge is 0.220 e. The molecule has 4 nitrogen and oxygen atoms in total. The number of nitrogens with zero attached hydrogens (tertiary/aromatic N) is 1. The largest absolute Gasteiger partial charge is 0.360 e. The van der Waals surface area contributed by atoms with E-state index in [-0.39, 0.29) is 5.91 Å². The van der Waals surface area contributed by atoms with E-state index in [1.165, 1.54) is 6.42 Å². The molecule has 5 heteroatoms. The second-order valence-corrected chi connectivity index (χ2v) is 6.22. The summed E-state index contributed by atoms with van der Waals surface area (Å²) in [7, 11) is 0. The van der Waals surface area contributed by atoms with Gasteiger partial charge in [-0.25, -0.2) is 0 Å². The molecular formula is C12H21N3OS. The lowest BCUT2D eigenvalue weighted by Gasteiger charge is -2.23. The number of amides is 1. The molecule has 2 atom stereocenters. The van der Waals surface area contributed by atoms with Gasteiger partial charge in [-0.3, -0.25) is 9.79 Å². The van der Waals surface area contributed by atoms with Crippen LogP contribution >= 0.6 is 11.8 Å². The summed E-state index contributed by atoms with van der Waals surface area (Å²) >= 11 is 1.81. The maximum atomic E-state index is 11.0. The number of nitrogens with one attached hydrogen (secondary N) is 2. The lowest BCUT2D eigenvalue weighted by Crippen LogP contribution is -2.46. The van der Waals surface area contributed by atoms with Gasteiger partial charge in [0, 0.05) is 24.8 Å². The summed E-state index contributed by atoms with van der Waals surface area (Å²) in [6, 6.07) is 0.831. The first-order valence-electron chi connectivity index (χ1n) is 6.37. The number of hydrogen-bond acceptors (Lipinski definition) is 4. The van der Waals surface area contributed by atoms with Gasteiger partial charge in [0.25, 0.3) is 0 Å². The minimum Gasteiger partial charge on any atom is -0.360 e. The van der Waals surface area contributed by atoms with Crippen molar-refractivity contribution in [1.82, 2.24) is 10.6 Å². The Morgan fingerprint density at radius 3 is 3.06 bits per heavy atom.